The highest BCUT2D eigenvalue weighted by Crippen LogP contribution is 2.11. The molecule has 4 heteroatoms. The summed E-state index contributed by atoms with van der Waals surface area (Å²) < 4.78 is 8.70. The Balaban J connectivity index is 0.000000554. The predicted molar refractivity (Wildman–Crippen MR) is 148 cm³/mol. The molecule has 0 amide bonds. The molecule has 2 rings (SSSR count). The zero-order chi connectivity index (χ0) is 25.1. The number of unbranched alkanes of at least 4 members (excludes halogenated alkanes) is 12. The molecule has 0 atom stereocenters. The topological polar surface area (TPSA) is 57.5 Å². The van der Waals surface area contributed by atoms with E-state index >= 15 is 0 Å². The number of hydrogen-bond donors (Lipinski definition) is 2. The third-order valence-electron chi connectivity index (χ3n) is 5.82. The van der Waals surface area contributed by atoms with Crippen LogP contribution in [0, 0.1) is 0 Å². The minimum Gasteiger partial charge on any atom is -0.134 e. The maximum atomic E-state index is 8.70. The van der Waals surface area contributed by atoms with E-state index in [0.29, 0.717) is 0 Å². The molecule has 3 nitrogen and oxygen atoms in total. The summed E-state index contributed by atoms with van der Waals surface area (Å²) in [5.74, 6) is 0. The Morgan fingerprint density at radius 3 is 1.06 bits per heavy atom. The van der Waals surface area contributed by atoms with Gasteiger partial charge in [-0.15, -0.1) is 9.79 Å². The van der Waals surface area contributed by atoms with Gasteiger partial charge in [0, 0.05) is 4.57 Å². The number of aryl methyl sites for hydroxylation is 2. The van der Waals surface area contributed by atoms with Crippen LogP contribution in [-0.4, -0.2) is 9.79 Å². The standard InChI is InChI=1S/2C15H24.HO3P/c2*1-2-3-4-5-6-7-9-12-15-13-10-8-11-14-15;1-4(2)3/h2*8,10-11,13-14H,2-7,9,12H2,1H3;(H-,1,2,3)/p+1. The molecule has 192 valence electrons. The average molecular weight is 490 g/mol. The fourth-order valence-corrected chi connectivity index (χ4v) is 3.86. The van der Waals surface area contributed by atoms with Gasteiger partial charge in [-0.25, -0.2) is 0 Å². The Labute approximate surface area is 211 Å². The van der Waals surface area contributed by atoms with Gasteiger partial charge in [-0.05, 0) is 36.8 Å². The highest BCUT2D eigenvalue weighted by molar-refractivity contribution is 7.30. The van der Waals surface area contributed by atoms with E-state index in [0.717, 1.165) is 0 Å². The van der Waals surface area contributed by atoms with Crippen LogP contribution in [0.4, 0.5) is 0 Å². The van der Waals surface area contributed by atoms with E-state index in [1.54, 1.807) is 0 Å². The molecule has 2 aromatic rings. The lowest BCUT2D eigenvalue weighted by Gasteiger charge is -2.01. The summed E-state index contributed by atoms with van der Waals surface area (Å²) in [5, 5.41) is 0. The molecule has 0 spiro atoms. The van der Waals surface area contributed by atoms with Crippen molar-refractivity contribution in [2.24, 2.45) is 0 Å². The quantitative estimate of drug-likeness (QED) is 0.182. The Kier molecular flexibility index (Phi) is 24.9. The Bertz CT molecular complexity index is 604. The highest BCUT2D eigenvalue weighted by atomic mass is 31.1. The van der Waals surface area contributed by atoms with Crippen molar-refractivity contribution in [2.45, 2.75) is 117 Å². The van der Waals surface area contributed by atoms with Crippen molar-refractivity contribution in [1.29, 1.82) is 0 Å². The van der Waals surface area contributed by atoms with Crippen molar-refractivity contribution in [2.75, 3.05) is 0 Å². The minimum atomic E-state index is -2.87. The lowest BCUT2D eigenvalue weighted by atomic mass is 10.0. The number of hydrogen-bond acceptors (Lipinski definition) is 1. The molecule has 0 saturated heterocycles. The highest BCUT2D eigenvalue weighted by Gasteiger charge is 1.94. The lowest BCUT2D eigenvalue weighted by molar-refractivity contribution is 0.405. The predicted octanol–water partition coefficient (Wildman–Crippen LogP) is 9.59. The van der Waals surface area contributed by atoms with E-state index in [4.69, 9.17) is 14.4 Å². The minimum absolute atomic E-state index is 1.26. The van der Waals surface area contributed by atoms with Crippen LogP contribution in [0.15, 0.2) is 60.7 Å². The van der Waals surface area contributed by atoms with Gasteiger partial charge in [0.05, 0.1) is 0 Å². The zero-order valence-corrected chi connectivity index (χ0v) is 22.7. The van der Waals surface area contributed by atoms with Crippen LogP contribution in [0.25, 0.3) is 0 Å². The van der Waals surface area contributed by atoms with Gasteiger partial charge in [-0.3, -0.25) is 0 Å². The van der Waals surface area contributed by atoms with Crippen LogP contribution in [-0.2, 0) is 17.4 Å². The Hall–Kier alpha value is -1.54. The van der Waals surface area contributed by atoms with Gasteiger partial charge < -0.3 is 0 Å². The van der Waals surface area contributed by atoms with E-state index in [1.807, 2.05) is 0 Å². The second kappa shape index (κ2) is 26.1. The molecule has 0 fully saturated rings. The monoisotopic (exact) mass is 489 g/mol. The van der Waals surface area contributed by atoms with E-state index in [2.05, 4.69) is 74.5 Å². The molecule has 0 aromatic heterocycles. The molecule has 34 heavy (non-hydrogen) atoms. The van der Waals surface area contributed by atoms with Gasteiger partial charge in [0.1, 0.15) is 0 Å². The maximum absolute atomic E-state index is 8.70. The number of rotatable bonds is 16. The first-order valence-electron chi connectivity index (χ1n) is 13.5. The van der Waals surface area contributed by atoms with E-state index in [-0.39, 0.29) is 0 Å². The third-order valence-corrected chi connectivity index (χ3v) is 5.82. The van der Waals surface area contributed by atoms with Gasteiger partial charge in [0.25, 0.3) is 0 Å². The molecule has 2 aromatic carbocycles. The van der Waals surface area contributed by atoms with Crippen molar-refractivity contribution >= 4 is 8.25 Å². The van der Waals surface area contributed by atoms with E-state index in [9.17, 15) is 0 Å². The summed E-state index contributed by atoms with van der Waals surface area (Å²) in [6.45, 7) is 4.55. The summed E-state index contributed by atoms with van der Waals surface area (Å²) in [6, 6.07) is 21.7. The van der Waals surface area contributed by atoms with Crippen molar-refractivity contribution in [3.63, 3.8) is 0 Å². The van der Waals surface area contributed by atoms with Crippen LogP contribution < -0.4 is 0 Å². The summed E-state index contributed by atoms with van der Waals surface area (Å²) in [5.41, 5.74) is 2.98. The second-order valence-corrected chi connectivity index (χ2v) is 9.47. The van der Waals surface area contributed by atoms with Gasteiger partial charge in [-0.1, -0.05) is 152 Å². The molecule has 0 aliphatic rings. The summed E-state index contributed by atoms with van der Waals surface area (Å²) in [7, 11) is -2.87. The molecule has 2 N–H and O–H groups in total. The first-order valence-corrected chi connectivity index (χ1v) is 14.7. The Morgan fingerprint density at radius 1 is 0.500 bits per heavy atom. The van der Waals surface area contributed by atoms with Crippen LogP contribution in [0.1, 0.15) is 115 Å². The fraction of sp³-hybridized carbons (Fsp3) is 0.600. The molecule has 0 heterocycles. The molecule has 0 radical (unpaired) electrons. The van der Waals surface area contributed by atoms with Gasteiger partial charge >= 0.3 is 8.25 Å². The molecule has 0 bridgehead atoms. The molecular formula is C30H50O3P+. The van der Waals surface area contributed by atoms with Crippen LogP contribution in [0.3, 0.4) is 0 Å². The van der Waals surface area contributed by atoms with Crippen molar-refractivity contribution in [1.82, 2.24) is 0 Å². The summed E-state index contributed by atoms with van der Waals surface area (Å²) in [6.07, 6.45) is 22.1. The molecular weight excluding hydrogens is 439 g/mol. The smallest absolute Gasteiger partial charge is 0.134 e. The SMILES string of the molecule is CCCCCCCCCc1ccccc1.CCCCCCCCCc1ccccc1.O=[P+](O)O. The van der Waals surface area contributed by atoms with Gasteiger partial charge in [0.2, 0.25) is 0 Å². The van der Waals surface area contributed by atoms with Crippen molar-refractivity contribution < 1.29 is 14.4 Å². The zero-order valence-electron chi connectivity index (χ0n) is 21.8. The first-order chi connectivity index (χ1) is 16.6. The maximum Gasteiger partial charge on any atom is 0.692 e. The largest absolute Gasteiger partial charge is 0.692 e. The van der Waals surface area contributed by atoms with Crippen molar-refractivity contribution in [3.8, 4) is 0 Å². The van der Waals surface area contributed by atoms with E-state index in [1.165, 1.54) is 114 Å². The normalized spacial score (nSPS) is 10.0. The van der Waals surface area contributed by atoms with Gasteiger partial charge in [-0.2, -0.15) is 0 Å². The van der Waals surface area contributed by atoms with Gasteiger partial charge in [0.15, 0.2) is 0 Å². The first kappa shape index (κ1) is 32.5. The molecule has 0 aliphatic heterocycles. The third kappa shape index (κ3) is 25.1. The molecule has 0 aliphatic carbocycles. The molecule has 0 saturated carbocycles. The van der Waals surface area contributed by atoms with Crippen LogP contribution in [0.2, 0.25) is 0 Å². The average Bonchev–Trinajstić information content (AvgIpc) is 2.84. The number of benzene rings is 2. The lowest BCUT2D eigenvalue weighted by Crippen LogP contribution is -1.85. The molecule has 0 unspecified atom stereocenters. The second-order valence-electron chi connectivity index (χ2n) is 8.97. The Morgan fingerprint density at radius 2 is 0.765 bits per heavy atom. The van der Waals surface area contributed by atoms with E-state index < -0.39 is 8.25 Å². The summed E-state index contributed by atoms with van der Waals surface area (Å²) in [4.78, 5) is 14.2. The summed E-state index contributed by atoms with van der Waals surface area (Å²) >= 11 is 0. The van der Waals surface area contributed by atoms with Crippen molar-refractivity contribution in [3.05, 3.63) is 71.8 Å². The van der Waals surface area contributed by atoms with Crippen LogP contribution >= 0.6 is 8.25 Å². The van der Waals surface area contributed by atoms with Crippen LogP contribution in [0.5, 0.6) is 0 Å². The fourth-order valence-electron chi connectivity index (χ4n) is 3.86.